The van der Waals surface area contributed by atoms with Gasteiger partial charge in [-0.1, -0.05) is 6.07 Å². The molecule has 0 bridgehead atoms. The number of esters is 1. The Morgan fingerprint density at radius 3 is 2.50 bits per heavy atom. The van der Waals surface area contributed by atoms with Crippen LogP contribution in [0, 0.1) is 20.8 Å². The average molecular weight is 438 g/mol. The second-order valence-corrected chi connectivity index (χ2v) is 7.56. The Labute approximate surface area is 185 Å². The fraction of sp³-hybridized carbons (Fsp3) is 0.292. The summed E-state index contributed by atoms with van der Waals surface area (Å²) < 4.78 is 15.8. The molecule has 1 aromatic heterocycles. The van der Waals surface area contributed by atoms with E-state index >= 15 is 0 Å². The van der Waals surface area contributed by atoms with Gasteiger partial charge in [-0.05, 0) is 61.7 Å². The van der Waals surface area contributed by atoms with Crippen LogP contribution in [0.15, 0.2) is 41.0 Å². The van der Waals surface area contributed by atoms with Crippen LogP contribution in [0.2, 0.25) is 0 Å². The van der Waals surface area contributed by atoms with Gasteiger partial charge >= 0.3 is 5.97 Å². The molecule has 2 N–H and O–H groups in total. The van der Waals surface area contributed by atoms with Crippen molar-refractivity contribution in [2.24, 2.45) is 0 Å². The summed E-state index contributed by atoms with van der Waals surface area (Å²) in [5.41, 5.74) is 5.05. The van der Waals surface area contributed by atoms with Crippen molar-refractivity contribution in [1.82, 2.24) is 5.32 Å². The number of carbonyl (C=O) groups is 3. The number of carbonyl (C=O) groups excluding carboxylic acids is 3. The van der Waals surface area contributed by atoms with Gasteiger partial charge in [0.05, 0.1) is 32.0 Å². The summed E-state index contributed by atoms with van der Waals surface area (Å²) in [4.78, 5) is 36.2. The van der Waals surface area contributed by atoms with Gasteiger partial charge in [-0.2, -0.15) is 0 Å². The first kappa shape index (κ1) is 22.9. The Hall–Kier alpha value is -3.81. The van der Waals surface area contributed by atoms with Crippen molar-refractivity contribution in [2.45, 2.75) is 27.2 Å². The number of aryl methyl sites for hydroxylation is 3. The van der Waals surface area contributed by atoms with Crippen LogP contribution >= 0.6 is 0 Å². The molecule has 3 aromatic rings. The number of methoxy groups -OCH3 is 1. The zero-order valence-corrected chi connectivity index (χ0v) is 18.5. The smallest absolute Gasteiger partial charge is 0.310 e. The fourth-order valence-corrected chi connectivity index (χ4v) is 3.17. The van der Waals surface area contributed by atoms with Gasteiger partial charge in [0.1, 0.15) is 11.3 Å². The predicted octanol–water partition coefficient (Wildman–Crippen LogP) is 3.21. The summed E-state index contributed by atoms with van der Waals surface area (Å²) in [5, 5.41) is 5.95. The Morgan fingerprint density at radius 2 is 1.75 bits per heavy atom. The standard InChI is InChI=1S/C24H26N2O6/c1-14-5-6-20(30-4)19(7-14)26-22(27)11-25-23(28)13-32-24(29)10-17-12-31-21-9-16(3)15(2)8-18(17)21/h5-9,12H,10-11,13H2,1-4H3,(H,25,28)(H,26,27). The highest BCUT2D eigenvalue weighted by molar-refractivity contribution is 5.96. The van der Waals surface area contributed by atoms with Crippen molar-refractivity contribution in [2.75, 3.05) is 25.6 Å². The number of benzene rings is 2. The maximum atomic E-state index is 12.2. The van der Waals surface area contributed by atoms with Gasteiger partial charge < -0.3 is 24.5 Å². The van der Waals surface area contributed by atoms with Crippen LogP contribution in [-0.2, 0) is 25.5 Å². The van der Waals surface area contributed by atoms with E-state index in [-0.39, 0.29) is 13.0 Å². The number of rotatable bonds is 8. The van der Waals surface area contributed by atoms with E-state index in [1.54, 1.807) is 12.1 Å². The molecule has 2 amide bonds. The molecule has 8 heteroatoms. The summed E-state index contributed by atoms with van der Waals surface area (Å²) in [6.45, 7) is 5.12. The number of ether oxygens (including phenoxy) is 2. The minimum Gasteiger partial charge on any atom is -0.495 e. The Kier molecular flexibility index (Phi) is 7.14. The van der Waals surface area contributed by atoms with E-state index in [9.17, 15) is 14.4 Å². The van der Waals surface area contributed by atoms with Gasteiger partial charge in [-0.25, -0.2) is 0 Å². The van der Waals surface area contributed by atoms with E-state index in [2.05, 4.69) is 10.6 Å². The predicted molar refractivity (Wildman–Crippen MR) is 120 cm³/mol. The van der Waals surface area contributed by atoms with E-state index in [4.69, 9.17) is 13.9 Å². The first-order valence-electron chi connectivity index (χ1n) is 10.1. The van der Waals surface area contributed by atoms with Crippen molar-refractivity contribution in [3.63, 3.8) is 0 Å². The van der Waals surface area contributed by atoms with Crippen molar-refractivity contribution in [3.05, 3.63) is 58.8 Å². The molecule has 0 aliphatic carbocycles. The molecule has 0 radical (unpaired) electrons. The van der Waals surface area contributed by atoms with Crippen LogP contribution in [0.25, 0.3) is 11.0 Å². The Balaban J connectivity index is 1.46. The first-order valence-corrected chi connectivity index (χ1v) is 10.1. The van der Waals surface area contributed by atoms with E-state index in [0.29, 0.717) is 22.6 Å². The first-order chi connectivity index (χ1) is 15.3. The van der Waals surface area contributed by atoms with E-state index in [0.717, 1.165) is 22.1 Å². The van der Waals surface area contributed by atoms with Crippen LogP contribution in [0.3, 0.4) is 0 Å². The molecule has 0 spiro atoms. The molecule has 0 saturated carbocycles. The molecule has 168 valence electrons. The third-order valence-electron chi connectivity index (χ3n) is 5.04. The summed E-state index contributed by atoms with van der Waals surface area (Å²) in [7, 11) is 1.50. The number of anilines is 1. The van der Waals surface area contributed by atoms with Gasteiger partial charge in [0, 0.05) is 10.9 Å². The number of amides is 2. The number of hydrogen-bond donors (Lipinski definition) is 2. The second-order valence-electron chi connectivity index (χ2n) is 7.56. The minimum atomic E-state index is -0.576. The zero-order chi connectivity index (χ0) is 23.3. The van der Waals surface area contributed by atoms with Crippen molar-refractivity contribution in [3.8, 4) is 5.75 Å². The Bertz CT molecular complexity index is 1160. The van der Waals surface area contributed by atoms with Crippen LogP contribution in [0.1, 0.15) is 22.3 Å². The van der Waals surface area contributed by atoms with Crippen LogP contribution < -0.4 is 15.4 Å². The minimum absolute atomic E-state index is 0.0174. The lowest BCUT2D eigenvalue weighted by atomic mass is 10.0. The highest BCUT2D eigenvalue weighted by Gasteiger charge is 2.15. The molecule has 2 aromatic carbocycles. The molecule has 32 heavy (non-hydrogen) atoms. The fourth-order valence-electron chi connectivity index (χ4n) is 3.17. The lowest BCUT2D eigenvalue weighted by molar-refractivity contribution is -0.147. The van der Waals surface area contributed by atoms with Gasteiger partial charge in [-0.3, -0.25) is 14.4 Å². The topological polar surface area (TPSA) is 107 Å². The summed E-state index contributed by atoms with van der Waals surface area (Å²) in [6.07, 6.45) is 1.51. The second kappa shape index (κ2) is 10.00. The normalized spacial score (nSPS) is 10.6. The Morgan fingerprint density at radius 1 is 1.00 bits per heavy atom. The quantitative estimate of drug-likeness (QED) is 0.523. The van der Waals surface area contributed by atoms with Gasteiger partial charge in [0.25, 0.3) is 5.91 Å². The van der Waals surface area contributed by atoms with Crippen LogP contribution in [0.5, 0.6) is 5.75 Å². The molecule has 0 fully saturated rings. The third kappa shape index (κ3) is 5.66. The SMILES string of the molecule is COc1ccc(C)cc1NC(=O)CNC(=O)COC(=O)Cc1coc2cc(C)c(C)cc12. The molecule has 0 saturated heterocycles. The highest BCUT2D eigenvalue weighted by Crippen LogP contribution is 2.26. The van der Waals surface area contributed by atoms with Crippen molar-refractivity contribution < 1.29 is 28.3 Å². The largest absolute Gasteiger partial charge is 0.495 e. The van der Waals surface area contributed by atoms with Gasteiger partial charge in [-0.15, -0.1) is 0 Å². The lowest BCUT2D eigenvalue weighted by Crippen LogP contribution is -2.35. The third-order valence-corrected chi connectivity index (χ3v) is 5.04. The summed E-state index contributed by atoms with van der Waals surface area (Å²) in [6, 6.07) is 9.26. The number of fused-ring (bicyclic) bond motifs is 1. The number of hydrogen-bond acceptors (Lipinski definition) is 6. The highest BCUT2D eigenvalue weighted by atomic mass is 16.5. The summed E-state index contributed by atoms with van der Waals surface area (Å²) >= 11 is 0. The van der Waals surface area contributed by atoms with E-state index in [1.807, 2.05) is 39.0 Å². The van der Waals surface area contributed by atoms with Crippen molar-refractivity contribution >= 4 is 34.4 Å². The zero-order valence-electron chi connectivity index (χ0n) is 18.5. The van der Waals surface area contributed by atoms with Crippen LogP contribution in [0.4, 0.5) is 5.69 Å². The molecule has 8 nitrogen and oxygen atoms in total. The number of furan rings is 1. The molecular weight excluding hydrogens is 412 g/mol. The molecular formula is C24H26N2O6. The van der Waals surface area contributed by atoms with Crippen LogP contribution in [-0.4, -0.2) is 38.0 Å². The molecule has 3 rings (SSSR count). The number of nitrogens with one attached hydrogen (secondary N) is 2. The maximum Gasteiger partial charge on any atom is 0.310 e. The van der Waals surface area contributed by atoms with E-state index in [1.165, 1.54) is 13.4 Å². The molecule has 0 atom stereocenters. The van der Waals surface area contributed by atoms with Gasteiger partial charge in [0.2, 0.25) is 5.91 Å². The molecule has 1 heterocycles. The maximum absolute atomic E-state index is 12.2. The molecule has 0 unspecified atom stereocenters. The van der Waals surface area contributed by atoms with Crippen molar-refractivity contribution in [1.29, 1.82) is 0 Å². The summed E-state index contributed by atoms with van der Waals surface area (Å²) in [5.74, 6) is -1.05. The lowest BCUT2D eigenvalue weighted by Gasteiger charge is -2.11. The van der Waals surface area contributed by atoms with E-state index < -0.39 is 24.4 Å². The van der Waals surface area contributed by atoms with Gasteiger partial charge in [0.15, 0.2) is 6.61 Å². The molecule has 0 aliphatic rings. The molecule has 0 aliphatic heterocycles. The monoisotopic (exact) mass is 438 g/mol. The average Bonchev–Trinajstić information content (AvgIpc) is 3.12.